The Bertz CT molecular complexity index is 561. The number of nitrogens with zero attached hydrogens (tertiary/aromatic N) is 1. The molecule has 0 spiro atoms. The van der Waals surface area contributed by atoms with Gasteiger partial charge in [-0.25, -0.2) is 0 Å². The summed E-state index contributed by atoms with van der Waals surface area (Å²) in [6.45, 7) is 2.05. The number of ether oxygens (including phenoxy) is 2. The van der Waals surface area contributed by atoms with Crippen LogP contribution in [0.1, 0.15) is 30.4 Å². The largest absolute Gasteiger partial charge is 0.493 e. The van der Waals surface area contributed by atoms with Crippen LogP contribution < -0.4 is 9.47 Å². The van der Waals surface area contributed by atoms with E-state index >= 15 is 0 Å². The monoisotopic (exact) mass is 530 g/mol. The van der Waals surface area contributed by atoms with E-state index in [-0.39, 0.29) is 50.2 Å². The summed E-state index contributed by atoms with van der Waals surface area (Å²) in [5, 5.41) is 9.80. The van der Waals surface area contributed by atoms with E-state index in [4.69, 9.17) is 9.47 Å². The van der Waals surface area contributed by atoms with Crippen LogP contribution in [0, 0.1) is 44.1 Å². The van der Waals surface area contributed by atoms with E-state index in [1.807, 2.05) is 18.2 Å². The van der Waals surface area contributed by atoms with E-state index in [0.717, 1.165) is 43.9 Å². The topological polar surface area (TPSA) is 41.9 Å². The van der Waals surface area contributed by atoms with Gasteiger partial charge < -0.3 is 19.5 Å². The molecule has 1 heterocycles. The third-order valence-electron chi connectivity index (χ3n) is 4.49. The summed E-state index contributed by atoms with van der Waals surface area (Å²) in [6.07, 6.45) is 7.07. The zero-order valence-electron chi connectivity index (χ0n) is 14.0. The summed E-state index contributed by atoms with van der Waals surface area (Å²) in [5.74, 6) is 1.68. The zero-order chi connectivity index (χ0) is 15.5. The molecule has 3 rings (SSSR count). The van der Waals surface area contributed by atoms with Crippen molar-refractivity contribution in [2.24, 2.45) is 0 Å². The van der Waals surface area contributed by atoms with Crippen LogP contribution >= 0.6 is 0 Å². The molecule has 1 aromatic carbocycles. The zero-order valence-corrected chi connectivity index (χ0v) is 18.7. The maximum absolute atomic E-state index is 9.80. The maximum atomic E-state index is 9.80. The average Bonchev–Trinajstić information content (AvgIpc) is 2.68. The van der Waals surface area contributed by atoms with E-state index in [1.165, 1.54) is 11.1 Å². The molecule has 0 saturated carbocycles. The van der Waals surface area contributed by atoms with Crippen molar-refractivity contribution in [3.8, 4) is 11.5 Å². The van der Waals surface area contributed by atoms with Gasteiger partial charge in [0.25, 0.3) is 0 Å². The molecule has 1 radical (unpaired) electrons. The second kappa shape index (κ2) is 8.85. The Morgan fingerprint density at radius 1 is 1.30 bits per heavy atom. The number of hydrogen-bond acceptors (Lipinski definition) is 4. The van der Waals surface area contributed by atoms with Crippen molar-refractivity contribution in [2.75, 3.05) is 20.7 Å². The predicted molar refractivity (Wildman–Crippen MR) is 86.4 cm³/mol. The molecule has 123 valence electrons. The normalized spacial score (nSPS) is 24.3. The number of fused-ring (bicyclic) bond motifs is 1. The molecule has 1 N–H and O–H groups in total. The molecule has 2 aliphatic rings. The summed E-state index contributed by atoms with van der Waals surface area (Å²) >= 11 is 0. The molecule has 0 amide bonds. The summed E-state index contributed by atoms with van der Waals surface area (Å²) < 4.78 is 11.8. The number of aliphatic hydroxyl groups is 1. The van der Waals surface area contributed by atoms with Crippen molar-refractivity contribution in [2.45, 2.75) is 44.4 Å². The number of methoxy groups -OCH3 is 1. The van der Waals surface area contributed by atoms with Crippen LogP contribution in [0.25, 0.3) is 0 Å². The molecule has 0 aromatic heterocycles. The first-order valence-corrected chi connectivity index (χ1v) is 8.06. The van der Waals surface area contributed by atoms with Crippen LogP contribution in [0.5, 0.6) is 11.5 Å². The Kier molecular flexibility index (Phi) is 7.41. The standard InChI is InChI=1S/C18H25NO3.Ac/c1-19-10-4-7-16-13(12-19)8-9-17(21-2)18(16)22-15-6-3-5-14(20)11-15;/h3,5,8-9,14-15,20H,4,6-7,10-12H2,1-2H3;. The molecule has 1 aromatic rings. The van der Waals surface area contributed by atoms with Gasteiger partial charge in [0.15, 0.2) is 11.5 Å². The first-order chi connectivity index (χ1) is 10.7. The van der Waals surface area contributed by atoms with E-state index in [1.54, 1.807) is 7.11 Å². The van der Waals surface area contributed by atoms with Crippen molar-refractivity contribution in [1.82, 2.24) is 4.90 Å². The minimum Gasteiger partial charge on any atom is -0.493 e. The van der Waals surface area contributed by atoms with Gasteiger partial charge in [0.2, 0.25) is 0 Å². The van der Waals surface area contributed by atoms with E-state index in [9.17, 15) is 5.11 Å². The Hall–Kier alpha value is -0.0784. The fourth-order valence-electron chi connectivity index (χ4n) is 3.35. The number of rotatable bonds is 3. The van der Waals surface area contributed by atoms with E-state index in [2.05, 4.69) is 18.0 Å². The molecule has 2 atom stereocenters. The van der Waals surface area contributed by atoms with Gasteiger partial charge in [-0.05, 0) is 38.1 Å². The van der Waals surface area contributed by atoms with Crippen LogP contribution in [0.15, 0.2) is 24.3 Å². The van der Waals surface area contributed by atoms with Crippen LogP contribution in [0.3, 0.4) is 0 Å². The molecular weight excluding hydrogens is 505 g/mol. The summed E-state index contributed by atoms with van der Waals surface area (Å²) in [6, 6.07) is 4.15. The van der Waals surface area contributed by atoms with Crippen LogP contribution in [-0.4, -0.2) is 42.9 Å². The SMILES string of the molecule is COc1ccc2c(c1OC1CC=CC(O)C1)CCCN(C)C2.[Ac]. The van der Waals surface area contributed by atoms with Crippen molar-refractivity contribution in [1.29, 1.82) is 0 Å². The Morgan fingerprint density at radius 2 is 2.13 bits per heavy atom. The second-order valence-electron chi connectivity index (χ2n) is 6.28. The van der Waals surface area contributed by atoms with Gasteiger partial charge in [-0.1, -0.05) is 18.2 Å². The van der Waals surface area contributed by atoms with Gasteiger partial charge in [-0.2, -0.15) is 0 Å². The summed E-state index contributed by atoms with van der Waals surface area (Å²) in [7, 11) is 3.84. The molecule has 5 heteroatoms. The molecule has 0 saturated heterocycles. The molecule has 2 unspecified atom stereocenters. The van der Waals surface area contributed by atoms with Crippen molar-refractivity contribution >= 4 is 0 Å². The second-order valence-corrected chi connectivity index (χ2v) is 6.28. The first-order valence-electron chi connectivity index (χ1n) is 8.06. The van der Waals surface area contributed by atoms with Gasteiger partial charge in [-0.15, -0.1) is 0 Å². The minimum absolute atomic E-state index is 0. The molecular formula is C18H25AcNO3. The average molecular weight is 530 g/mol. The molecule has 23 heavy (non-hydrogen) atoms. The number of hydrogen-bond donors (Lipinski definition) is 1. The summed E-state index contributed by atoms with van der Waals surface area (Å²) in [4.78, 5) is 2.34. The van der Waals surface area contributed by atoms with E-state index in [0.29, 0.717) is 6.42 Å². The Labute approximate surface area is 174 Å². The quantitative estimate of drug-likeness (QED) is 0.611. The smallest absolute Gasteiger partial charge is 0.165 e. The van der Waals surface area contributed by atoms with Gasteiger partial charge in [-0.3, -0.25) is 0 Å². The van der Waals surface area contributed by atoms with E-state index < -0.39 is 6.10 Å². The number of aliphatic hydroxyl groups excluding tert-OH is 1. The molecule has 4 nitrogen and oxygen atoms in total. The van der Waals surface area contributed by atoms with Crippen LogP contribution in [0.2, 0.25) is 0 Å². The van der Waals surface area contributed by atoms with Gasteiger partial charge in [0, 0.05) is 69.0 Å². The van der Waals surface area contributed by atoms with Gasteiger partial charge in [0.05, 0.1) is 13.2 Å². The first kappa shape index (κ1) is 19.2. The third kappa shape index (κ3) is 4.72. The van der Waals surface area contributed by atoms with Crippen LogP contribution in [0.4, 0.5) is 0 Å². The fraction of sp³-hybridized carbons (Fsp3) is 0.556. The molecule has 0 bridgehead atoms. The maximum Gasteiger partial charge on any atom is 0.165 e. The van der Waals surface area contributed by atoms with Crippen molar-refractivity contribution < 1.29 is 58.6 Å². The molecule has 1 aliphatic heterocycles. The predicted octanol–water partition coefficient (Wildman–Crippen LogP) is 2.53. The summed E-state index contributed by atoms with van der Waals surface area (Å²) in [5.41, 5.74) is 2.59. The van der Waals surface area contributed by atoms with Gasteiger partial charge in [0.1, 0.15) is 6.10 Å². The molecule has 1 aliphatic carbocycles. The molecule has 0 fully saturated rings. The van der Waals surface area contributed by atoms with Gasteiger partial charge >= 0.3 is 0 Å². The third-order valence-corrected chi connectivity index (χ3v) is 4.49. The minimum atomic E-state index is -0.404. The van der Waals surface area contributed by atoms with Crippen molar-refractivity contribution in [3.05, 3.63) is 35.4 Å². The van der Waals surface area contributed by atoms with Crippen LogP contribution in [-0.2, 0) is 13.0 Å². The number of benzene rings is 1. The Balaban J connectivity index is 0.00000192. The fourth-order valence-corrected chi connectivity index (χ4v) is 3.35. The van der Waals surface area contributed by atoms with Crippen molar-refractivity contribution in [3.63, 3.8) is 0 Å². The Morgan fingerprint density at radius 3 is 2.87 bits per heavy atom.